The Labute approximate surface area is 183 Å². The van der Waals surface area contributed by atoms with Crippen LogP contribution in [0.15, 0.2) is 46.8 Å². The van der Waals surface area contributed by atoms with Gasteiger partial charge in [0.2, 0.25) is 0 Å². The highest BCUT2D eigenvalue weighted by Gasteiger charge is 2.47. The molecular weight excluding hydrogens is 394 g/mol. The summed E-state index contributed by atoms with van der Waals surface area (Å²) in [6, 6.07) is 7.77. The lowest BCUT2D eigenvalue weighted by molar-refractivity contribution is -0.151. The maximum absolute atomic E-state index is 13.6. The normalized spacial score (nSPS) is 24.3. The number of methoxy groups -OCH3 is 1. The van der Waals surface area contributed by atoms with Crippen LogP contribution in [-0.2, 0) is 23.9 Å². The molecule has 6 heteroatoms. The Morgan fingerprint density at radius 2 is 1.84 bits per heavy atom. The van der Waals surface area contributed by atoms with Crippen molar-refractivity contribution in [3.05, 3.63) is 57.9 Å². The number of ether oxygens (including phenoxy) is 2. The summed E-state index contributed by atoms with van der Waals surface area (Å²) in [5.74, 6) is -2.96. The molecule has 1 aliphatic heterocycles. The molecular formula is C25H31NO5. The van der Waals surface area contributed by atoms with Crippen molar-refractivity contribution in [3.8, 4) is 0 Å². The van der Waals surface area contributed by atoms with E-state index < -0.39 is 23.8 Å². The van der Waals surface area contributed by atoms with Crippen LogP contribution in [0.2, 0.25) is 0 Å². The van der Waals surface area contributed by atoms with Crippen LogP contribution in [0.3, 0.4) is 0 Å². The van der Waals surface area contributed by atoms with E-state index in [1.165, 1.54) is 7.11 Å². The van der Waals surface area contributed by atoms with Gasteiger partial charge in [0.25, 0.3) is 0 Å². The number of ketones is 1. The number of rotatable bonds is 5. The van der Waals surface area contributed by atoms with Gasteiger partial charge in [-0.05, 0) is 45.1 Å². The highest BCUT2D eigenvalue weighted by Crippen LogP contribution is 2.45. The van der Waals surface area contributed by atoms with E-state index in [2.05, 4.69) is 5.32 Å². The van der Waals surface area contributed by atoms with Crippen LogP contribution in [0.25, 0.3) is 0 Å². The second-order valence-corrected chi connectivity index (χ2v) is 8.57. The van der Waals surface area contributed by atoms with Crippen molar-refractivity contribution in [2.24, 2.45) is 11.8 Å². The molecule has 4 atom stereocenters. The summed E-state index contributed by atoms with van der Waals surface area (Å²) < 4.78 is 10.6. The van der Waals surface area contributed by atoms with Gasteiger partial charge in [-0.2, -0.15) is 0 Å². The lowest BCUT2D eigenvalue weighted by Crippen LogP contribution is -2.43. The number of benzene rings is 1. The number of carbonyl (C=O) groups is 3. The van der Waals surface area contributed by atoms with E-state index in [0.29, 0.717) is 29.7 Å². The fraction of sp³-hybridized carbons (Fsp3) is 0.480. The van der Waals surface area contributed by atoms with Gasteiger partial charge in [-0.15, -0.1) is 0 Å². The SMILES string of the molecule is CC[C@H](C)OC(=O)C1=C(C)NC2=C(C(=O)[C@H](C(=O)OC)[C@@H](C)C2)[C@H]1c1ccc(C)cc1. The summed E-state index contributed by atoms with van der Waals surface area (Å²) in [5, 5.41) is 3.28. The molecule has 0 radical (unpaired) electrons. The minimum Gasteiger partial charge on any atom is -0.468 e. The quantitative estimate of drug-likeness (QED) is 0.568. The molecule has 3 rings (SSSR count). The first-order valence-corrected chi connectivity index (χ1v) is 10.8. The largest absolute Gasteiger partial charge is 0.468 e. The van der Waals surface area contributed by atoms with Crippen LogP contribution < -0.4 is 5.32 Å². The molecule has 0 amide bonds. The summed E-state index contributed by atoms with van der Waals surface area (Å²) in [6.07, 6.45) is 0.968. The fourth-order valence-electron chi connectivity index (χ4n) is 4.37. The molecule has 1 N–H and O–H groups in total. The van der Waals surface area contributed by atoms with Gasteiger partial charge in [0.1, 0.15) is 5.92 Å². The zero-order chi connectivity index (χ0) is 22.9. The molecule has 31 heavy (non-hydrogen) atoms. The number of esters is 2. The summed E-state index contributed by atoms with van der Waals surface area (Å²) in [5.41, 5.74) is 4.21. The topological polar surface area (TPSA) is 81.7 Å². The van der Waals surface area contributed by atoms with E-state index in [4.69, 9.17) is 9.47 Å². The maximum Gasteiger partial charge on any atom is 0.337 e. The Balaban J connectivity index is 2.15. The third-order valence-electron chi connectivity index (χ3n) is 6.26. The van der Waals surface area contributed by atoms with E-state index in [-0.39, 0.29) is 17.8 Å². The standard InChI is InChI=1S/C25H31NO5/c1-7-15(4)31-25(29)20-16(5)26-18-12-14(3)19(24(28)30-6)23(27)22(18)21(20)17-10-8-13(2)9-11-17/h8-11,14-15,19,21,26H,7,12H2,1-6H3/t14-,15-,19+,21-/m0/s1. The number of dihydropyridines is 1. The van der Waals surface area contributed by atoms with Gasteiger partial charge in [-0.25, -0.2) is 4.79 Å². The van der Waals surface area contributed by atoms with E-state index in [1.807, 2.05) is 58.9 Å². The van der Waals surface area contributed by atoms with Gasteiger partial charge < -0.3 is 14.8 Å². The van der Waals surface area contributed by atoms with Gasteiger partial charge in [0.05, 0.1) is 18.8 Å². The second-order valence-electron chi connectivity index (χ2n) is 8.57. The molecule has 2 aliphatic rings. The summed E-state index contributed by atoms with van der Waals surface area (Å²) in [6.45, 7) is 9.48. The maximum atomic E-state index is 13.6. The molecule has 0 fully saturated rings. The average Bonchev–Trinajstić information content (AvgIpc) is 2.72. The molecule has 1 aromatic rings. The molecule has 6 nitrogen and oxygen atoms in total. The third-order valence-corrected chi connectivity index (χ3v) is 6.26. The van der Waals surface area contributed by atoms with Crippen molar-refractivity contribution in [2.75, 3.05) is 7.11 Å². The molecule has 0 aromatic heterocycles. The predicted molar refractivity (Wildman–Crippen MR) is 117 cm³/mol. The number of hydrogen-bond donors (Lipinski definition) is 1. The summed E-state index contributed by atoms with van der Waals surface area (Å²) >= 11 is 0. The van der Waals surface area contributed by atoms with Crippen molar-refractivity contribution in [2.45, 2.75) is 59.5 Å². The van der Waals surface area contributed by atoms with Crippen LogP contribution in [-0.4, -0.2) is 30.9 Å². The Morgan fingerprint density at radius 3 is 2.42 bits per heavy atom. The molecule has 1 aromatic carbocycles. The Bertz CT molecular complexity index is 957. The summed E-state index contributed by atoms with van der Waals surface area (Å²) in [7, 11) is 1.29. The van der Waals surface area contributed by atoms with Crippen LogP contribution in [0.4, 0.5) is 0 Å². The van der Waals surface area contributed by atoms with Gasteiger partial charge in [-0.3, -0.25) is 9.59 Å². The second kappa shape index (κ2) is 9.08. The lowest BCUT2D eigenvalue weighted by atomic mass is 9.69. The molecule has 0 saturated carbocycles. The van der Waals surface area contributed by atoms with Crippen molar-refractivity contribution in [1.82, 2.24) is 5.32 Å². The number of Topliss-reactive ketones (excluding diaryl/α,β-unsaturated/α-hetero) is 1. The molecule has 0 saturated heterocycles. The first kappa shape index (κ1) is 22.8. The zero-order valence-corrected chi connectivity index (χ0v) is 19.1. The number of aryl methyl sites for hydroxylation is 1. The first-order chi connectivity index (χ1) is 14.7. The minimum atomic E-state index is -0.885. The van der Waals surface area contributed by atoms with Crippen LogP contribution in [0.5, 0.6) is 0 Å². The van der Waals surface area contributed by atoms with Crippen molar-refractivity contribution < 1.29 is 23.9 Å². The van der Waals surface area contributed by atoms with Crippen molar-refractivity contribution >= 4 is 17.7 Å². The molecule has 166 valence electrons. The van der Waals surface area contributed by atoms with Gasteiger partial charge in [-0.1, -0.05) is 43.7 Å². The van der Waals surface area contributed by atoms with Gasteiger partial charge in [0.15, 0.2) is 5.78 Å². The molecule has 0 bridgehead atoms. The molecule has 1 aliphatic carbocycles. The predicted octanol–water partition coefficient (Wildman–Crippen LogP) is 3.95. The first-order valence-electron chi connectivity index (χ1n) is 10.8. The highest BCUT2D eigenvalue weighted by molar-refractivity contribution is 6.12. The monoisotopic (exact) mass is 425 g/mol. The number of nitrogens with one attached hydrogen (secondary N) is 1. The van der Waals surface area contributed by atoms with Crippen LogP contribution in [0.1, 0.15) is 57.6 Å². The zero-order valence-electron chi connectivity index (χ0n) is 19.1. The van der Waals surface area contributed by atoms with Crippen molar-refractivity contribution in [3.63, 3.8) is 0 Å². The van der Waals surface area contributed by atoms with E-state index in [9.17, 15) is 14.4 Å². The van der Waals surface area contributed by atoms with Crippen LogP contribution in [0, 0.1) is 18.8 Å². The highest BCUT2D eigenvalue weighted by atomic mass is 16.5. The number of allylic oxidation sites excluding steroid dienone is 3. The van der Waals surface area contributed by atoms with E-state index >= 15 is 0 Å². The van der Waals surface area contributed by atoms with Crippen LogP contribution >= 0.6 is 0 Å². The molecule has 0 unspecified atom stereocenters. The van der Waals surface area contributed by atoms with Gasteiger partial charge >= 0.3 is 11.9 Å². The Kier molecular flexibility index (Phi) is 6.68. The average molecular weight is 426 g/mol. The number of carbonyl (C=O) groups excluding carboxylic acids is 3. The van der Waals surface area contributed by atoms with Crippen molar-refractivity contribution in [1.29, 1.82) is 0 Å². The lowest BCUT2D eigenvalue weighted by Gasteiger charge is -2.38. The number of hydrogen-bond acceptors (Lipinski definition) is 6. The minimum absolute atomic E-state index is 0.203. The van der Waals surface area contributed by atoms with E-state index in [1.54, 1.807) is 0 Å². The fourth-order valence-corrected chi connectivity index (χ4v) is 4.37. The third kappa shape index (κ3) is 4.29. The van der Waals surface area contributed by atoms with E-state index in [0.717, 1.165) is 16.8 Å². The van der Waals surface area contributed by atoms with Gasteiger partial charge in [0, 0.05) is 22.9 Å². The smallest absolute Gasteiger partial charge is 0.337 e. The molecule has 0 spiro atoms. The molecule has 1 heterocycles. The Morgan fingerprint density at radius 1 is 1.19 bits per heavy atom. The Hall–Kier alpha value is -2.89. The summed E-state index contributed by atoms with van der Waals surface area (Å²) in [4.78, 5) is 39.2.